The summed E-state index contributed by atoms with van der Waals surface area (Å²) in [5.74, 6) is -0.240. The van der Waals surface area contributed by atoms with Crippen LogP contribution in [0, 0.1) is 0 Å². The third-order valence-corrected chi connectivity index (χ3v) is 3.44. The number of hydrogen-bond acceptors (Lipinski definition) is 3. The van der Waals surface area contributed by atoms with Crippen LogP contribution < -0.4 is 16.4 Å². The van der Waals surface area contributed by atoms with Crippen molar-refractivity contribution in [2.75, 3.05) is 6.54 Å². The quantitative estimate of drug-likeness (QED) is 0.570. The summed E-state index contributed by atoms with van der Waals surface area (Å²) >= 11 is 0. The van der Waals surface area contributed by atoms with E-state index in [1.165, 1.54) is 0 Å². The summed E-state index contributed by atoms with van der Waals surface area (Å²) in [5, 5.41) is 5.55. The Morgan fingerprint density at radius 2 is 1.74 bits per heavy atom. The number of unbranched alkanes of at least 4 members (excludes halogenated alkanes) is 3. The maximum Gasteiger partial charge on any atom is 0.242 e. The number of benzene rings is 1. The lowest BCUT2D eigenvalue weighted by atomic mass is 10.1. The van der Waals surface area contributed by atoms with Crippen molar-refractivity contribution >= 4 is 24.2 Å². The van der Waals surface area contributed by atoms with E-state index in [4.69, 9.17) is 5.73 Å². The van der Waals surface area contributed by atoms with Gasteiger partial charge < -0.3 is 16.4 Å². The third kappa shape index (κ3) is 9.92. The van der Waals surface area contributed by atoms with Crippen LogP contribution in [0.4, 0.5) is 0 Å². The molecule has 0 radical (unpaired) electrons. The van der Waals surface area contributed by atoms with Crippen LogP contribution in [0.5, 0.6) is 0 Å². The second kappa shape index (κ2) is 12.9. The fourth-order valence-electron chi connectivity index (χ4n) is 2.10. The number of amides is 2. The fourth-order valence-corrected chi connectivity index (χ4v) is 2.10. The number of nitrogens with one attached hydrogen (secondary N) is 2. The zero-order valence-electron chi connectivity index (χ0n) is 13.7. The molecule has 1 rings (SSSR count). The SMILES string of the molecule is CC(NC(=O)CCCCCCN)C(=O)NCc1ccccc1.Cl. The van der Waals surface area contributed by atoms with Crippen LogP contribution in [0.25, 0.3) is 0 Å². The molecule has 0 aliphatic heterocycles. The Morgan fingerprint density at radius 1 is 1.09 bits per heavy atom. The number of halogens is 1. The maximum atomic E-state index is 11.9. The van der Waals surface area contributed by atoms with Gasteiger partial charge in [0.05, 0.1) is 0 Å². The van der Waals surface area contributed by atoms with Gasteiger partial charge in [0.15, 0.2) is 0 Å². The van der Waals surface area contributed by atoms with Gasteiger partial charge in [-0.05, 0) is 31.9 Å². The molecule has 0 saturated carbocycles. The number of hydrogen-bond donors (Lipinski definition) is 3. The molecule has 0 aromatic heterocycles. The summed E-state index contributed by atoms with van der Waals surface area (Å²) in [4.78, 5) is 23.7. The average Bonchev–Trinajstić information content (AvgIpc) is 2.53. The number of carbonyl (C=O) groups is 2. The van der Waals surface area contributed by atoms with Crippen molar-refractivity contribution in [3.63, 3.8) is 0 Å². The highest BCUT2D eigenvalue weighted by Gasteiger charge is 2.14. The van der Waals surface area contributed by atoms with Gasteiger partial charge in [-0.2, -0.15) is 0 Å². The molecule has 0 fully saturated rings. The second-order valence-corrected chi connectivity index (χ2v) is 5.45. The van der Waals surface area contributed by atoms with E-state index >= 15 is 0 Å². The van der Waals surface area contributed by atoms with Crippen molar-refractivity contribution in [3.8, 4) is 0 Å². The maximum absolute atomic E-state index is 11.9. The normalized spacial score (nSPS) is 11.2. The van der Waals surface area contributed by atoms with Crippen molar-refractivity contribution in [2.45, 2.75) is 51.6 Å². The van der Waals surface area contributed by atoms with Gasteiger partial charge in [0.1, 0.15) is 6.04 Å². The summed E-state index contributed by atoms with van der Waals surface area (Å²) in [7, 11) is 0. The van der Waals surface area contributed by atoms with Gasteiger partial charge in [-0.3, -0.25) is 9.59 Å². The first-order valence-corrected chi connectivity index (χ1v) is 7.94. The minimum atomic E-state index is -0.514. The lowest BCUT2D eigenvalue weighted by Crippen LogP contribution is -2.44. The molecule has 4 N–H and O–H groups in total. The van der Waals surface area contributed by atoms with Gasteiger partial charge in [-0.15, -0.1) is 12.4 Å². The minimum Gasteiger partial charge on any atom is -0.350 e. The second-order valence-electron chi connectivity index (χ2n) is 5.45. The van der Waals surface area contributed by atoms with E-state index in [1.54, 1.807) is 6.92 Å². The first kappa shape index (κ1) is 21.4. The standard InChI is InChI=1S/C17H27N3O2.ClH/c1-14(20-16(21)11-7-2-3-8-12-18)17(22)19-13-15-9-5-4-6-10-15;/h4-6,9-10,14H,2-3,7-8,11-13,18H2,1H3,(H,19,22)(H,20,21);1H. The fraction of sp³-hybridized carbons (Fsp3) is 0.529. The first-order valence-electron chi connectivity index (χ1n) is 7.94. The van der Waals surface area contributed by atoms with Crippen LogP contribution in [0.3, 0.4) is 0 Å². The number of nitrogens with two attached hydrogens (primary N) is 1. The van der Waals surface area contributed by atoms with Gasteiger partial charge >= 0.3 is 0 Å². The molecule has 0 heterocycles. The lowest BCUT2D eigenvalue weighted by molar-refractivity contribution is -0.128. The van der Waals surface area contributed by atoms with Crippen LogP contribution >= 0.6 is 12.4 Å². The highest BCUT2D eigenvalue weighted by Crippen LogP contribution is 2.02. The van der Waals surface area contributed by atoms with E-state index in [0.717, 1.165) is 31.2 Å². The summed E-state index contributed by atoms with van der Waals surface area (Å²) in [5.41, 5.74) is 6.45. The molecule has 0 bridgehead atoms. The molecular formula is C17H28ClN3O2. The third-order valence-electron chi connectivity index (χ3n) is 3.44. The highest BCUT2D eigenvalue weighted by molar-refractivity contribution is 5.87. The van der Waals surface area contributed by atoms with E-state index < -0.39 is 6.04 Å². The summed E-state index contributed by atoms with van der Waals surface area (Å²) in [6.45, 7) is 2.87. The molecule has 1 aromatic carbocycles. The van der Waals surface area contributed by atoms with Crippen LogP contribution in [-0.4, -0.2) is 24.4 Å². The predicted octanol–water partition coefficient (Wildman–Crippen LogP) is 2.14. The Kier molecular flexibility index (Phi) is 12.0. The smallest absolute Gasteiger partial charge is 0.242 e. The van der Waals surface area contributed by atoms with Crippen LogP contribution in [0.1, 0.15) is 44.6 Å². The van der Waals surface area contributed by atoms with Crippen molar-refractivity contribution in [2.24, 2.45) is 5.73 Å². The predicted molar refractivity (Wildman–Crippen MR) is 95.3 cm³/mol. The topological polar surface area (TPSA) is 84.2 Å². The molecular weight excluding hydrogens is 314 g/mol. The zero-order valence-corrected chi connectivity index (χ0v) is 14.5. The van der Waals surface area contributed by atoms with E-state index in [9.17, 15) is 9.59 Å². The van der Waals surface area contributed by atoms with E-state index in [2.05, 4.69) is 10.6 Å². The molecule has 5 nitrogen and oxygen atoms in total. The summed E-state index contributed by atoms with van der Waals surface area (Å²) < 4.78 is 0. The zero-order chi connectivity index (χ0) is 16.2. The van der Waals surface area contributed by atoms with Crippen LogP contribution in [0.2, 0.25) is 0 Å². The Hall–Kier alpha value is -1.59. The van der Waals surface area contributed by atoms with E-state index in [-0.39, 0.29) is 24.2 Å². The minimum absolute atomic E-state index is 0. The van der Waals surface area contributed by atoms with E-state index in [0.29, 0.717) is 19.5 Å². The molecule has 0 spiro atoms. The molecule has 2 amide bonds. The molecule has 130 valence electrons. The van der Waals surface area contributed by atoms with Gasteiger partial charge in [0.2, 0.25) is 11.8 Å². The average molecular weight is 342 g/mol. The van der Waals surface area contributed by atoms with Crippen molar-refractivity contribution in [1.29, 1.82) is 0 Å². The monoisotopic (exact) mass is 341 g/mol. The Balaban J connectivity index is 0.00000484. The largest absolute Gasteiger partial charge is 0.350 e. The highest BCUT2D eigenvalue weighted by atomic mass is 35.5. The van der Waals surface area contributed by atoms with Gasteiger partial charge in [0, 0.05) is 13.0 Å². The van der Waals surface area contributed by atoms with Crippen molar-refractivity contribution in [3.05, 3.63) is 35.9 Å². The van der Waals surface area contributed by atoms with Crippen molar-refractivity contribution < 1.29 is 9.59 Å². The molecule has 1 unspecified atom stereocenters. The number of carbonyl (C=O) groups excluding carboxylic acids is 2. The van der Waals surface area contributed by atoms with Crippen LogP contribution in [-0.2, 0) is 16.1 Å². The van der Waals surface area contributed by atoms with Gasteiger partial charge in [-0.25, -0.2) is 0 Å². The molecule has 1 aromatic rings. The molecule has 0 aliphatic carbocycles. The molecule has 1 atom stereocenters. The Morgan fingerprint density at radius 3 is 2.39 bits per heavy atom. The first-order chi connectivity index (χ1) is 10.6. The lowest BCUT2D eigenvalue weighted by Gasteiger charge is -2.14. The van der Waals surface area contributed by atoms with E-state index in [1.807, 2.05) is 30.3 Å². The van der Waals surface area contributed by atoms with Crippen LogP contribution in [0.15, 0.2) is 30.3 Å². The summed E-state index contributed by atoms with van der Waals surface area (Å²) in [6, 6.07) is 9.17. The molecule has 23 heavy (non-hydrogen) atoms. The number of rotatable bonds is 10. The van der Waals surface area contributed by atoms with Crippen molar-refractivity contribution in [1.82, 2.24) is 10.6 Å². The van der Waals surface area contributed by atoms with Gasteiger partial charge in [-0.1, -0.05) is 43.2 Å². The molecule has 6 heteroatoms. The summed E-state index contributed by atoms with van der Waals surface area (Å²) in [6.07, 6.45) is 4.35. The molecule has 0 saturated heterocycles. The Labute approximate surface area is 144 Å². The van der Waals surface area contributed by atoms with Gasteiger partial charge in [0.25, 0.3) is 0 Å². The Bertz CT molecular complexity index is 454. The molecule has 0 aliphatic rings.